The Kier molecular flexibility index (Phi) is 6.15. The number of anilines is 2. The van der Waals surface area contributed by atoms with Crippen LogP contribution < -0.4 is 9.62 Å². The van der Waals surface area contributed by atoms with Crippen molar-refractivity contribution >= 4 is 33.1 Å². The Hall–Kier alpha value is -2.67. The summed E-state index contributed by atoms with van der Waals surface area (Å²) >= 11 is 0. The molecule has 2 aromatic rings. The lowest BCUT2D eigenvalue weighted by atomic mass is 10.1. The lowest BCUT2D eigenvalue weighted by molar-refractivity contribution is -0.114. The van der Waals surface area contributed by atoms with Crippen LogP contribution in [0, 0.1) is 0 Å². The zero-order valence-corrected chi connectivity index (χ0v) is 15.8. The van der Waals surface area contributed by atoms with Crippen molar-refractivity contribution in [1.82, 2.24) is 0 Å². The molecule has 6 nitrogen and oxygen atoms in total. The first-order chi connectivity index (χ1) is 12.2. The lowest BCUT2D eigenvalue weighted by Crippen LogP contribution is -2.38. The Bertz CT molecular complexity index is 905. The zero-order chi connectivity index (χ0) is 19.3. The number of para-hydroxylation sites is 1. The van der Waals surface area contributed by atoms with Crippen LogP contribution in [0.15, 0.2) is 48.5 Å². The quantitative estimate of drug-likeness (QED) is 0.756. The highest BCUT2D eigenvalue weighted by molar-refractivity contribution is 7.92. The molecule has 0 aliphatic carbocycles. The van der Waals surface area contributed by atoms with Crippen LogP contribution >= 0.6 is 0 Å². The van der Waals surface area contributed by atoms with Gasteiger partial charge < -0.3 is 5.32 Å². The van der Waals surface area contributed by atoms with Gasteiger partial charge in [-0.25, -0.2) is 8.42 Å². The SMILES string of the molecule is CCc1ccccc1N(CC(=O)Nc1ccc(C(C)=O)cc1)S(C)(=O)=O. The standard InChI is InChI=1S/C19H22N2O4S/c1-4-15-7-5-6-8-18(15)21(26(3,24)25)13-19(23)20-17-11-9-16(10-12-17)14(2)22/h5-12H,4,13H2,1-3H3,(H,20,23). The van der Waals surface area contributed by atoms with Crippen LogP contribution in [0.25, 0.3) is 0 Å². The number of nitrogens with one attached hydrogen (secondary N) is 1. The van der Waals surface area contributed by atoms with E-state index in [-0.39, 0.29) is 12.3 Å². The molecule has 1 amide bonds. The van der Waals surface area contributed by atoms with Crippen molar-refractivity contribution in [3.63, 3.8) is 0 Å². The fraction of sp³-hybridized carbons (Fsp3) is 0.263. The molecule has 0 atom stereocenters. The number of sulfonamides is 1. The van der Waals surface area contributed by atoms with Crippen LogP contribution in [0.3, 0.4) is 0 Å². The first kappa shape index (κ1) is 19.7. The van der Waals surface area contributed by atoms with Crippen molar-refractivity contribution in [3.05, 3.63) is 59.7 Å². The minimum atomic E-state index is -3.63. The average molecular weight is 374 g/mol. The lowest BCUT2D eigenvalue weighted by Gasteiger charge is -2.24. The van der Waals surface area contributed by atoms with Gasteiger partial charge in [-0.3, -0.25) is 13.9 Å². The number of amides is 1. The molecular weight excluding hydrogens is 352 g/mol. The third kappa shape index (κ3) is 4.92. The van der Waals surface area contributed by atoms with Gasteiger partial charge in [0.25, 0.3) is 0 Å². The Labute approximate surface area is 153 Å². The topological polar surface area (TPSA) is 83.6 Å². The number of hydrogen-bond donors (Lipinski definition) is 1. The predicted molar refractivity (Wildman–Crippen MR) is 103 cm³/mol. The second kappa shape index (κ2) is 8.14. The molecule has 0 saturated carbocycles. The van der Waals surface area contributed by atoms with E-state index in [1.54, 1.807) is 36.4 Å². The fourth-order valence-electron chi connectivity index (χ4n) is 2.55. The second-order valence-electron chi connectivity index (χ2n) is 5.93. The molecule has 0 radical (unpaired) electrons. The van der Waals surface area contributed by atoms with Gasteiger partial charge in [0.05, 0.1) is 11.9 Å². The number of rotatable bonds is 7. The molecular formula is C19H22N2O4S. The van der Waals surface area contributed by atoms with E-state index in [1.165, 1.54) is 6.92 Å². The van der Waals surface area contributed by atoms with Crippen molar-refractivity contribution in [2.75, 3.05) is 22.4 Å². The van der Waals surface area contributed by atoms with Crippen molar-refractivity contribution in [1.29, 1.82) is 0 Å². The molecule has 0 aromatic heterocycles. The number of benzene rings is 2. The van der Waals surface area contributed by atoms with E-state index < -0.39 is 15.9 Å². The average Bonchev–Trinajstić information content (AvgIpc) is 2.59. The molecule has 0 fully saturated rings. The van der Waals surface area contributed by atoms with E-state index in [9.17, 15) is 18.0 Å². The van der Waals surface area contributed by atoms with Gasteiger partial charge in [-0.05, 0) is 49.2 Å². The van der Waals surface area contributed by atoms with Gasteiger partial charge in [-0.2, -0.15) is 0 Å². The maximum absolute atomic E-state index is 12.4. The Balaban J connectivity index is 2.21. The summed E-state index contributed by atoms with van der Waals surface area (Å²) in [5.41, 5.74) is 2.38. The zero-order valence-electron chi connectivity index (χ0n) is 15.0. The Morgan fingerprint density at radius 1 is 1.04 bits per heavy atom. The minimum Gasteiger partial charge on any atom is -0.325 e. The summed E-state index contributed by atoms with van der Waals surface area (Å²) in [5, 5.41) is 2.66. The maximum Gasteiger partial charge on any atom is 0.245 e. The third-order valence-electron chi connectivity index (χ3n) is 3.90. The highest BCUT2D eigenvalue weighted by Gasteiger charge is 2.22. The van der Waals surface area contributed by atoms with Gasteiger partial charge in [0, 0.05) is 11.3 Å². The monoisotopic (exact) mass is 374 g/mol. The number of hydrogen-bond acceptors (Lipinski definition) is 4. The van der Waals surface area contributed by atoms with Crippen molar-refractivity contribution in [2.24, 2.45) is 0 Å². The molecule has 0 aliphatic rings. The molecule has 2 aromatic carbocycles. The number of aryl methyl sites for hydroxylation is 1. The molecule has 1 N–H and O–H groups in total. The van der Waals surface area contributed by atoms with Gasteiger partial charge in [0.1, 0.15) is 6.54 Å². The van der Waals surface area contributed by atoms with E-state index in [0.717, 1.165) is 16.1 Å². The number of carbonyl (C=O) groups excluding carboxylic acids is 2. The summed E-state index contributed by atoms with van der Waals surface area (Å²) < 4.78 is 25.5. The predicted octanol–water partition coefficient (Wildman–Crippen LogP) is 2.86. The highest BCUT2D eigenvalue weighted by Crippen LogP contribution is 2.23. The number of ketones is 1. The number of carbonyl (C=O) groups is 2. The van der Waals surface area contributed by atoms with Crippen LogP contribution in [0.5, 0.6) is 0 Å². The molecule has 0 saturated heterocycles. The van der Waals surface area contributed by atoms with Crippen molar-refractivity contribution < 1.29 is 18.0 Å². The molecule has 0 heterocycles. The Morgan fingerprint density at radius 2 is 1.65 bits per heavy atom. The summed E-state index contributed by atoms with van der Waals surface area (Å²) in [6.07, 6.45) is 1.73. The van der Waals surface area contributed by atoms with E-state index in [4.69, 9.17) is 0 Å². The first-order valence-corrected chi connectivity index (χ1v) is 10.0. The summed E-state index contributed by atoms with van der Waals surface area (Å²) in [6.45, 7) is 3.06. The van der Waals surface area contributed by atoms with E-state index in [1.807, 2.05) is 19.1 Å². The molecule has 26 heavy (non-hydrogen) atoms. The second-order valence-corrected chi connectivity index (χ2v) is 7.84. The van der Waals surface area contributed by atoms with Crippen LogP contribution in [0.2, 0.25) is 0 Å². The molecule has 0 unspecified atom stereocenters. The van der Waals surface area contributed by atoms with E-state index in [0.29, 0.717) is 23.4 Å². The summed E-state index contributed by atoms with van der Waals surface area (Å²) in [5.74, 6) is -0.529. The van der Waals surface area contributed by atoms with Crippen LogP contribution in [0.1, 0.15) is 29.8 Å². The summed E-state index contributed by atoms with van der Waals surface area (Å²) in [6, 6.07) is 13.5. The van der Waals surface area contributed by atoms with Gasteiger partial charge in [0.15, 0.2) is 5.78 Å². The van der Waals surface area contributed by atoms with Crippen molar-refractivity contribution in [2.45, 2.75) is 20.3 Å². The molecule has 0 spiro atoms. The largest absolute Gasteiger partial charge is 0.325 e. The molecule has 138 valence electrons. The normalized spacial score (nSPS) is 11.0. The van der Waals surface area contributed by atoms with Gasteiger partial charge in [-0.15, -0.1) is 0 Å². The van der Waals surface area contributed by atoms with Crippen LogP contribution in [-0.4, -0.2) is 32.9 Å². The maximum atomic E-state index is 12.4. The molecule has 0 bridgehead atoms. The highest BCUT2D eigenvalue weighted by atomic mass is 32.2. The fourth-order valence-corrected chi connectivity index (χ4v) is 3.44. The van der Waals surface area contributed by atoms with Crippen LogP contribution in [-0.2, 0) is 21.2 Å². The van der Waals surface area contributed by atoms with Gasteiger partial charge in [0.2, 0.25) is 15.9 Å². The van der Waals surface area contributed by atoms with Gasteiger partial charge in [-0.1, -0.05) is 25.1 Å². The first-order valence-electron chi connectivity index (χ1n) is 8.19. The third-order valence-corrected chi connectivity index (χ3v) is 5.03. The molecule has 2 rings (SSSR count). The van der Waals surface area contributed by atoms with E-state index in [2.05, 4.69) is 5.32 Å². The van der Waals surface area contributed by atoms with Gasteiger partial charge >= 0.3 is 0 Å². The number of nitrogens with zero attached hydrogens (tertiary/aromatic N) is 1. The molecule has 7 heteroatoms. The van der Waals surface area contributed by atoms with Crippen molar-refractivity contribution in [3.8, 4) is 0 Å². The van der Waals surface area contributed by atoms with Crippen LogP contribution in [0.4, 0.5) is 11.4 Å². The molecule has 0 aliphatic heterocycles. The smallest absolute Gasteiger partial charge is 0.245 e. The minimum absolute atomic E-state index is 0.0673. The summed E-state index contributed by atoms with van der Waals surface area (Å²) in [7, 11) is -3.63. The number of Topliss-reactive ketones (excluding diaryl/α,β-unsaturated/α-hetero) is 1. The Morgan fingerprint density at radius 3 is 2.19 bits per heavy atom. The van der Waals surface area contributed by atoms with E-state index >= 15 is 0 Å². The summed E-state index contributed by atoms with van der Waals surface area (Å²) in [4.78, 5) is 23.7.